The summed E-state index contributed by atoms with van der Waals surface area (Å²) in [6, 6.07) is 11.4. The third-order valence-electron chi connectivity index (χ3n) is 5.11. The molecule has 0 unspecified atom stereocenters. The van der Waals surface area contributed by atoms with Crippen LogP contribution in [-0.2, 0) is 14.6 Å². The lowest BCUT2D eigenvalue weighted by atomic mass is 10.1. The molecule has 1 atom stereocenters. The number of carbonyl (C=O) groups is 1. The molecule has 4 rings (SSSR count). The number of benzene rings is 2. The summed E-state index contributed by atoms with van der Waals surface area (Å²) in [6.45, 7) is -0.268. The predicted molar refractivity (Wildman–Crippen MR) is 115 cm³/mol. The van der Waals surface area contributed by atoms with E-state index < -0.39 is 15.7 Å². The van der Waals surface area contributed by atoms with Gasteiger partial charge in [0.25, 0.3) is 5.91 Å². The van der Waals surface area contributed by atoms with Gasteiger partial charge >= 0.3 is 0 Å². The van der Waals surface area contributed by atoms with Gasteiger partial charge in [0.05, 0.1) is 29.6 Å². The zero-order valence-electron chi connectivity index (χ0n) is 16.8. The highest BCUT2D eigenvalue weighted by Crippen LogP contribution is 2.24. The first-order chi connectivity index (χ1) is 14.8. The van der Waals surface area contributed by atoms with Crippen LogP contribution in [0.15, 0.2) is 57.9 Å². The lowest BCUT2D eigenvalue weighted by Gasteiger charge is -2.12. The van der Waals surface area contributed by atoms with E-state index in [-0.39, 0.29) is 29.6 Å². The highest BCUT2D eigenvalue weighted by Gasteiger charge is 2.28. The quantitative estimate of drug-likeness (QED) is 0.621. The van der Waals surface area contributed by atoms with Gasteiger partial charge in [0.1, 0.15) is 23.3 Å². The van der Waals surface area contributed by atoms with Gasteiger partial charge in [-0.1, -0.05) is 12.1 Å². The summed E-state index contributed by atoms with van der Waals surface area (Å²) in [5, 5.41) is 3.05. The number of carbonyl (C=O) groups excluding carboxylic acids is 1. The van der Waals surface area contributed by atoms with Crippen LogP contribution in [0.25, 0.3) is 22.1 Å². The second-order valence-electron chi connectivity index (χ2n) is 7.32. The van der Waals surface area contributed by atoms with Crippen LogP contribution in [0.5, 0.6) is 11.5 Å². The number of sulfone groups is 1. The number of nitrogens with one attached hydrogen (secondary N) is 1. The van der Waals surface area contributed by atoms with Gasteiger partial charge in [-0.3, -0.25) is 9.59 Å². The minimum absolute atomic E-state index is 0.0452. The first kappa shape index (κ1) is 20.9. The van der Waals surface area contributed by atoms with E-state index >= 15 is 0 Å². The monoisotopic (exact) mass is 443 g/mol. The Morgan fingerprint density at radius 2 is 1.90 bits per heavy atom. The van der Waals surface area contributed by atoms with E-state index in [1.54, 1.807) is 49.6 Å². The molecule has 2 heterocycles. The van der Waals surface area contributed by atoms with Crippen molar-refractivity contribution in [1.29, 1.82) is 0 Å². The molecule has 1 aromatic heterocycles. The molecule has 0 aliphatic carbocycles. The molecule has 8 nitrogen and oxygen atoms in total. The minimum Gasteiger partial charge on any atom is -0.497 e. The molecule has 31 heavy (non-hydrogen) atoms. The SMILES string of the molecule is COc1ccc(-c2coc3cc(OCC(=O)N[C@@H]4CCS(=O)(=O)C4)ccc3c2=O)cc1. The molecular weight excluding hydrogens is 422 g/mol. The number of fused-ring (bicyclic) bond motifs is 1. The molecule has 1 aliphatic rings. The van der Waals surface area contributed by atoms with Crippen molar-refractivity contribution in [3.05, 3.63) is 59.0 Å². The summed E-state index contributed by atoms with van der Waals surface area (Å²) < 4.78 is 39.2. The van der Waals surface area contributed by atoms with Gasteiger partial charge in [0, 0.05) is 12.1 Å². The number of methoxy groups -OCH3 is 1. The summed E-state index contributed by atoms with van der Waals surface area (Å²) in [5.41, 5.74) is 1.29. The fourth-order valence-corrected chi connectivity index (χ4v) is 5.17. The Morgan fingerprint density at radius 1 is 1.16 bits per heavy atom. The molecule has 0 bridgehead atoms. The Kier molecular flexibility index (Phi) is 5.69. The van der Waals surface area contributed by atoms with Crippen molar-refractivity contribution >= 4 is 26.7 Å². The standard InChI is InChI=1S/C22H21NO7S/c1-28-16-4-2-14(3-5-16)19-11-30-20-10-17(6-7-18(20)22(19)25)29-12-21(24)23-15-8-9-31(26,27)13-15/h2-7,10-11,15H,8-9,12-13H2,1H3,(H,23,24)/t15-/m1/s1. The lowest BCUT2D eigenvalue weighted by molar-refractivity contribution is -0.123. The zero-order chi connectivity index (χ0) is 22.0. The minimum atomic E-state index is -3.07. The summed E-state index contributed by atoms with van der Waals surface area (Å²) >= 11 is 0. The predicted octanol–water partition coefficient (Wildman–Crippen LogP) is 2.15. The smallest absolute Gasteiger partial charge is 0.258 e. The van der Waals surface area contributed by atoms with E-state index in [0.717, 1.165) is 0 Å². The highest BCUT2D eigenvalue weighted by atomic mass is 32.2. The second kappa shape index (κ2) is 8.43. The molecule has 9 heteroatoms. The summed E-state index contributed by atoms with van der Waals surface area (Å²) in [7, 11) is -1.50. The van der Waals surface area contributed by atoms with Crippen LogP contribution in [0.3, 0.4) is 0 Å². The number of amides is 1. The fraction of sp³-hybridized carbons (Fsp3) is 0.273. The summed E-state index contributed by atoms with van der Waals surface area (Å²) in [6.07, 6.45) is 1.80. The van der Waals surface area contributed by atoms with Crippen molar-refractivity contribution in [2.24, 2.45) is 0 Å². The van der Waals surface area contributed by atoms with E-state index in [0.29, 0.717) is 40.0 Å². The van der Waals surface area contributed by atoms with Crippen LogP contribution in [0.2, 0.25) is 0 Å². The molecule has 1 aliphatic heterocycles. The Morgan fingerprint density at radius 3 is 2.58 bits per heavy atom. The summed E-state index contributed by atoms with van der Waals surface area (Å²) in [5.74, 6) is 0.687. The summed E-state index contributed by atoms with van der Waals surface area (Å²) in [4.78, 5) is 24.9. The van der Waals surface area contributed by atoms with Crippen LogP contribution in [0.1, 0.15) is 6.42 Å². The molecule has 1 fully saturated rings. The normalized spacial score (nSPS) is 17.4. The molecule has 162 valence electrons. The molecule has 1 saturated heterocycles. The van der Waals surface area contributed by atoms with Crippen LogP contribution in [0, 0.1) is 0 Å². The van der Waals surface area contributed by atoms with E-state index in [1.165, 1.54) is 6.26 Å². The fourth-order valence-electron chi connectivity index (χ4n) is 3.50. The molecule has 2 aromatic carbocycles. The molecule has 0 radical (unpaired) electrons. The zero-order valence-corrected chi connectivity index (χ0v) is 17.6. The maximum Gasteiger partial charge on any atom is 0.258 e. The van der Waals surface area contributed by atoms with Crippen molar-refractivity contribution in [1.82, 2.24) is 5.32 Å². The van der Waals surface area contributed by atoms with E-state index in [1.807, 2.05) is 0 Å². The number of hydrogen-bond acceptors (Lipinski definition) is 7. The number of rotatable bonds is 6. The van der Waals surface area contributed by atoms with Crippen LogP contribution in [-0.4, -0.2) is 45.6 Å². The van der Waals surface area contributed by atoms with Gasteiger partial charge in [0.2, 0.25) is 0 Å². The second-order valence-corrected chi connectivity index (χ2v) is 9.55. The first-order valence-corrected chi connectivity index (χ1v) is 11.5. The van der Waals surface area contributed by atoms with Gasteiger partial charge in [-0.25, -0.2) is 8.42 Å². The third-order valence-corrected chi connectivity index (χ3v) is 6.88. The van der Waals surface area contributed by atoms with Gasteiger partial charge < -0.3 is 19.2 Å². The van der Waals surface area contributed by atoms with E-state index in [9.17, 15) is 18.0 Å². The van der Waals surface area contributed by atoms with Crippen molar-refractivity contribution < 1.29 is 27.1 Å². The topological polar surface area (TPSA) is 112 Å². The number of hydrogen-bond donors (Lipinski definition) is 1. The molecule has 3 aromatic rings. The lowest BCUT2D eigenvalue weighted by Crippen LogP contribution is -2.38. The molecule has 0 saturated carbocycles. The van der Waals surface area contributed by atoms with Crippen LogP contribution >= 0.6 is 0 Å². The Hall–Kier alpha value is -3.33. The average molecular weight is 443 g/mol. The Balaban J connectivity index is 1.46. The Bertz CT molecular complexity index is 1280. The van der Waals surface area contributed by atoms with Crippen LogP contribution in [0.4, 0.5) is 0 Å². The maximum atomic E-state index is 12.9. The number of ether oxygens (including phenoxy) is 2. The van der Waals surface area contributed by atoms with Crippen molar-refractivity contribution in [3.8, 4) is 22.6 Å². The third kappa shape index (κ3) is 4.72. The first-order valence-electron chi connectivity index (χ1n) is 9.67. The largest absolute Gasteiger partial charge is 0.497 e. The van der Waals surface area contributed by atoms with Crippen molar-refractivity contribution in [3.63, 3.8) is 0 Å². The van der Waals surface area contributed by atoms with Gasteiger partial charge in [-0.05, 0) is 36.2 Å². The van der Waals surface area contributed by atoms with E-state index in [2.05, 4.69) is 5.32 Å². The van der Waals surface area contributed by atoms with E-state index in [4.69, 9.17) is 13.9 Å². The van der Waals surface area contributed by atoms with Crippen molar-refractivity contribution in [2.75, 3.05) is 25.2 Å². The highest BCUT2D eigenvalue weighted by molar-refractivity contribution is 7.91. The molecular formula is C22H21NO7S. The molecule has 1 N–H and O–H groups in total. The van der Waals surface area contributed by atoms with Crippen LogP contribution < -0.4 is 20.2 Å². The van der Waals surface area contributed by atoms with Gasteiger partial charge in [-0.2, -0.15) is 0 Å². The average Bonchev–Trinajstić information content (AvgIpc) is 3.10. The van der Waals surface area contributed by atoms with Gasteiger partial charge in [0.15, 0.2) is 21.9 Å². The van der Waals surface area contributed by atoms with Gasteiger partial charge in [-0.15, -0.1) is 0 Å². The maximum absolute atomic E-state index is 12.9. The Labute approximate surface area is 178 Å². The van der Waals surface area contributed by atoms with Crippen molar-refractivity contribution in [2.45, 2.75) is 12.5 Å². The molecule has 0 spiro atoms. The molecule has 1 amide bonds.